The molecule has 0 aromatic rings. The molecule has 5 nitrogen and oxygen atoms in total. The Morgan fingerprint density at radius 2 is 1.86 bits per heavy atom. The number of likely N-dealkylation sites (N-methyl/N-ethyl adjacent to an activating group) is 1. The largest absolute Gasteiger partial charge is 0.355 e. The Kier molecular flexibility index (Phi) is 6.74. The summed E-state index contributed by atoms with van der Waals surface area (Å²) < 4.78 is 0. The predicted molar refractivity (Wildman–Crippen MR) is 54.9 cm³/mol. The van der Waals surface area contributed by atoms with E-state index in [0.717, 1.165) is 6.42 Å². The highest BCUT2D eigenvalue weighted by Crippen LogP contribution is 1.75. The van der Waals surface area contributed by atoms with E-state index >= 15 is 0 Å². The van der Waals surface area contributed by atoms with Gasteiger partial charge in [-0.3, -0.25) is 14.9 Å². The van der Waals surface area contributed by atoms with Gasteiger partial charge in [-0.05, 0) is 6.42 Å². The highest BCUT2D eigenvalue weighted by molar-refractivity contribution is 5.80. The highest BCUT2D eigenvalue weighted by atomic mass is 16.2. The van der Waals surface area contributed by atoms with Gasteiger partial charge in [0.05, 0.1) is 13.1 Å². The molecule has 2 amide bonds. The van der Waals surface area contributed by atoms with Gasteiger partial charge in [-0.2, -0.15) is 0 Å². The fourth-order valence-electron chi connectivity index (χ4n) is 0.768. The quantitative estimate of drug-likeness (QED) is 0.591. The number of rotatable bonds is 6. The van der Waals surface area contributed by atoms with Crippen molar-refractivity contribution in [3.63, 3.8) is 0 Å². The fraction of sp³-hybridized carbons (Fsp3) is 0.778. The highest BCUT2D eigenvalue weighted by Gasteiger charge is 2.04. The van der Waals surface area contributed by atoms with Gasteiger partial charge in [0, 0.05) is 20.6 Å². The minimum atomic E-state index is -0.0709. The van der Waals surface area contributed by atoms with Crippen LogP contribution in [0.2, 0.25) is 0 Å². The van der Waals surface area contributed by atoms with Crippen molar-refractivity contribution in [2.24, 2.45) is 0 Å². The van der Waals surface area contributed by atoms with Crippen molar-refractivity contribution >= 4 is 11.8 Å². The second-order valence-electron chi connectivity index (χ2n) is 3.24. The minimum Gasteiger partial charge on any atom is -0.355 e. The average molecular weight is 201 g/mol. The molecule has 2 N–H and O–H groups in total. The lowest BCUT2D eigenvalue weighted by Crippen LogP contribution is -2.39. The van der Waals surface area contributed by atoms with Crippen LogP contribution in [-0.4, -0.2) is 50.4 Å². The van der Waals surface area contributed by atoms with E-state index in [9.17, 15) is 9.59 Å². The summed E-state index contributed by atoms with van der Waals surface area (Å²) >= 11 is 0. The van der Waals surface area contributed by atoms with Gasteiger partial charge in [-0.25, -0.2) is 0 Å². The molecule has 0 aromatic carbocycles. The number of hydrogen-bond acceptors (Lipinski definition) is 3. The summed E-state index contributed by atoms with van der Waals surface area (Å²) in [7, 11) is 3.36. The van der Waals surface area contributed by atoms with Crippen molar-refractivity contribution in [2.45, 2.75) is 13.3 Å². The van der Waals surface area contributed by atoms with Crippen LogP contribution in [0.4, 0.5) is 0 Å². The van der Waals surface area contributed by atoms with Gasteiger partial charge < -0.3 is 10.2 Å². The standard InChI is InChI=1S/C9H19N3O2/c1-4-5-11-8(13)6-10-7-9(14)12(2)3/h10H,4-7H2,1-3H3,(H,11,13). The van der Waals surface area contributed by atoms with E-state index in [2.05, 4.69) is 10.6 Å². The molecule has 0 fully saturated rings. The van der Waals surface area contributed by atoms with E-state index in [4.69, 9.17) is 0 Å². The van der Waals surface area contributed by atoms with Crippen LogP contribution in [0.25, 0.3) is 0 Å². The predicted octanol–water partition coefficient (Wildman–Crippen LogP) is -0.810. The molecular weight excluding hydrogens is 182 g/mol. The van der Waals surface area contributed by atoms with E-state index in [0.29, 0.717) is 6.54 Å². The third kappa shape index (κ3) is 6.42. The summed E-state index contributed by atoms with van der Waals surface area (Å²) in [6, 6.07) is 0. The van der Waals surface area contributed by atoms with Crippen LogP contribution in [0.3, 0.4) is 0 Å². The zero-order valence-electron chi connectivity index (χ0n) is 9.09. The Morgan fingerprint density at radius 1 is 1.21 bits per heavy atom. The molecule has 0 unspecified atom stereocenters. The number of nitrogens with one attached hydrogen (secondary N) is 2. The van der Waals surface area contributed by atoms with Gasteiger partial charge >= 0.3 is 0 Å². The molecule has 5 heteroatoms. The summed E-state index contributed by atoms with van der Waals surface area (Å²) in [5.74, 6) is -0.105. The van der Waals surface area contributed by atoms with Gasteiger partial charge in [-0.15, -0.1) is 0 Å². The summed E-state index contributed by atoms with van der Waals surface area (Å²) in [6.45, 7) is 3.07. The molecule has 0 rings (SSSR count). The third-order valence-corrected chi connectivity index (χ3v) is 1.63. The van der Waals surface area contributed by atoms with Crippen LogP contribution in [0.5, 0.6) is 0 Å². The van der Waals surface area contributed by atoms with E-state index in [1.165, 1.54) is 4.90 Å². The smallest absolute Gasteiger partial charge is 0.236 e. The first-order valence-electron chi connectivity index (χ1n) is 4.75. The molecule has 82 valence electrons. The number of carbonyl (C=O) groups is 2. The topological polar surface area (TPSA) is 61.4 Å². The Morgan fingerprint density at radius 3 is 2.36 bits per heavy atom. The van der Waals surface area contributed by atoms with Gasteiger partial charge in [0.1, 0.15) is 0 Å². The van der Waals surface area contributed by atoms with Gasteiger partial charge in [0.2, 0.25) is 11.8 Å². The van der Waals surface area contributed by atoms with Crippen LogP contribution in [-0.2, 0) is 9.59 Å². The van der Waals surface area contributed by atoms with Crippen molar-refractivity contribution in [1.82, 2.24) is 15.5 Å². The zero-order valence-corrected chi connectivity index (χ0v) is 9.09. The van der Waals surface area contributed by atoms with Crippen molar-refractivity contribution in [3.05, 3.63) is 0 Å². The Bertz CT molecular complexity index is 192. The molecular formula is C9H19N3O2. The van der Waals surface area contributed by atoms with Gasteiger partial charge in [0.25, 0.3) is 0 Å². The molecule has 0 radical (unpaired) electrons. The molecule has 0 aromatic heterocycles. The second kappa shape index (κ2) is 7.32. The summed E-state index contributed by atoms with van der Waals surface area (Å²) in [5, 5.41) is 5.48. The summed E-state index contributed by atoms with van der Waals surface area (Å²) in [6.07, 6.45) is 0.919. The Balaban J connectivity index is 3.44. The Labute approximate surface area is 84.8 Å². The van der Waals surface area contributed by atoms with E-state index in [1.807, 2.05) is 6.92 Å². The molecule has 0 aliphatic carbocycles. The lowest BCUT2D eigenvalue weighted by molar-refractivity contribution is -0.127. The summed E-state index contributed by atoms with van der Waals surface area (Å²) in [4.78, 5) is 23.6. The van der Waals surface area contributed by atoms with Crippen molar-refractivity contribution in [3.8, 4) is 0 Å². The molecule has 0 bridgehead atoms. The zero-order chi connectivity index (χ0) is 11.0. The molecule has 0 aliphatic rings. The number of hydrogen-bond donors (Lipinski definition) is 2. The number of carbonyl (C=O) groups excluding carboxylic acids is 2. The average Bonchev–Trinajstić information content (AvgIpc) is 2.14. The summed E-state index contributed by atoms with van der Waals surface area (Å²) in [5.41, 5.74) is 0. The van der Waals surface area contributed by atoms with E-state index < -0.39 is 0 Å². The normalized spacial score (nSPS) is 9.64. The van der Waals surface area contributed by atoms with Crippen molar-refractivity contribution in [2.75, 3.05) is 33.7 Å². The van der Waals surface area contributed by atoms with Crippen LogP contribution in [0, 0.1) is 0 Å². The molecule has 0 spiro atoms. The minimum absolute atomic E-state index is 0.0340. The van der Waals surface area contributed by atoms with Crippen molar-refractivity contribution in [1.29, 1.82) is 0 Å². The molecule has 0 atom stereocenters. The maximum Gasteiger partial charge on any atom is 0.236 e. The van der Waals surface area contributed by atoms with Gasteiger partial charge in [-0.1, -0.05) is 6.92 Å². The number of amides is 2. The first kappa shape index (κ1) is 12.9. The first-order valence-corrected chi connectivity index (χ1v) is 4.75. The lowest BCUT2D eigenvalue weighted by Gasteiger charge is -2.10. The van der Waals surface area contributed by atoms with Gasteiger partial charge in [0.15, 0.2) is 0 Å². The van der Waals surface area contributed by atoms with Crippen LogP contribution in [0.15, 0.2) is 0 Å². The fourth-order valence-corrected chi connectivity index (χ4v) is 0.768. The Hall–Kier alpha value is -1.10. The van der Waals surface area contributed by atoms with E-state index in [1.54, 1.807) is 14.1 Å². The second-order valence-corrected chi connectivity index (χ2v) is 3.24. The number of nitrogens with zero attached hydrogens (tertiary/aromatic N) is 1. The first-order chi connectivity index (χ1) is 6.57. The molecule has 14 heavy (non-hydrogen) atoms. The molecule has 0 aliphatic heterocycles. The maximum absolute atomic E-state index is 11.1. The maximum atomic E-state index is 11.1. The van der Waals surface area contributed by atoms with E-state index in [-0.39, 0.29) is 24.9 Å². The lowest BCUT2D eigenvalue weighted by atomic mass is 10.4. The molecule has 0 saturated heterocycles. The monoisotopic (exact) mass is 201 g/mol. The van der Waals surface area contributed by atoms with Crippen LogP contribution < -0.4 is 10.6 Å². The van der Waals surface area contributed by atoms with Crippen LogP contribution in [0.1, 0.15) is 13.3 Å². The van der Waals surface area contributed by atoms with Crippen LogP contribution >= 0.6 is 0 Å². The molecule has 0 saturated carbocycles. The van der Waals surface area contributed by atoms with Crippen molar-refractivity contribution < 1.29 is 9.59 Å². The SMILES string of the molecule is CCCNC(=O)CNCC(=O)N(C)C. The molecule has 0 heterocycles. The third-order valence-electron chi connectivity index (χ3n) is 1.63.